The molecule has 0 saturated carbocycles. The molecule has 1 atom stereocenters. The molecule has 14 heavy (non-hydrogen) atoms. The molecule has 1 unspecified atom stereocenters. The highest BCUT2D eigenvalue weighted by Gasteiger charge is 2.11. The van der Waals surface area contributed by atoms with Gasteiger partial charge in [-0.15, -0.1) is 0 Å². The second kappa shape index (κ2) is 3.96. The van der Waals surface area contributed by atoms with E-state index in [2.05, 4.69) is 30.3 Å². The summed E-state index contributed by atoms with van der Waals surface area (Å²) in [6.07, 6.45) is 2.80. The maximum Gasteiger partial charge on any atom is 0.197 e. The first kappa shape index (κ1) is 9.46. The maximum atomic E-state index is 5.43. The van der Waals surface area contributed by atoms with Crippen LogP contribution >= 0.6 is 11.3 Å². The summed E-state index contributed by atoms with van der Waals surface area (Å²) < 4.78 is 5.43. The number of nitrogens with zero attached hydrogens (tertiary/aromatic N) is 1. The van der Waals surface area contributed by atoms with E-state index in [0.717, 1.165) is 23.6 Å². The van der Waals surface area contributed by atoms with Crippen molar-refractivity contribution in [1.29, 1.82) is 0 Å². The van der Waals surface area contributed by atoms with Gasteiger partial charge in [0.05, 0.1) is 0 Å². The fraction of sp³-hybridized carbons (Fsp3) is 0.364. The largest absolute Gasteiger partial charge is 0.448 e. The molecule has 0 N–H and O–H groups in total. The molecular weight excluding hydrogens is 194 g/mol. The van der Waals surface area contributed by atoms with Gasteiger partial charge in [0.25, 0.3) is 0 Å². The second-order valence-corrected chi connectivity index (χ2v) is 4.17. The lowest BCUT2D eigenvalue weighted by Gasteiger charge is -1.99. The Bertz CT molecular complexity index is 391. The molecule has 0 aliphatic carbocycles. The molecule has 0 radical (unpaired) electrons. The highest BCUT2D eigenvalue weighted by Crippen LogP contribution is 2.25. The van der Waals surface area contributed by atoms with Gasteiger partial charge in [0.2, 0.25) is 0 Å². The van der Waals surface area contributed by atoms with Gasteiger partial charge in [0.1, 0.15) is 12.0 Å². The van der Waals surface area contributed by atoms with Crippen molar-refractivity contribution < 1.29 is 4.42 Å². The second-order valence-electron chi connectivity index (χ2n) is 3.39. The standard InChI is InChI=1S/C11H13NOS/c1-3-8(2)11-12-10(6-13-11)9-4-5-14-7-9/h4-8H,3H2,1-2H3. The van der Waals surface area contributed by atoms with Crippen molar-refractivity contribution in [3.63, 3.8) is 0 Å². The van der Waals surface area contributed by atoms with Crippen molar-refractivity contribution in [2.24, 2.45) is 0 Å². The van der Waals surface area contributed by atoms with E-state index < -0.39 is 0 Å². The Morgan fingerprint density at radius 1 is 1.57 bits per heavy atom. The molecule has 0 amide bonds. The first-order chi connectivity index (χ1) is 6.81. The van der Waals surface area contributed by atoms with E-state index in [1.165, 1.54) is 0 Å². The maximum absolute atomic E-state index is 5.43. The summed E-state index contributed by atoms with van der Waals surface area (Å²) in [6, 6.07) is 2.06. The molecule has 2 nitrogen and oxygen atoms in total. The van der Waals surface area contributed by atoms with E-state index in [4.69, 9.17) is 4.42 Å². The molecular formula is C11H13NOS. The van der Waals surface area contributed by atoms with E-state index in [1.807, 2.05) is 5.38 Å². The number of oxazole rings is 1. The van der Waals surface area contributed by atoms with Crippen LogP contribution in [0.2, 0.25) is 0 Å². The minimum absolute atomic E-state index is 0.405. The van der Waals surface area contributed by atoms with Gasteiger partial charge < -0.3 is 4.42 Å². The zero-order valence-electron chi connectivity index (χ0n) is 8.36. The van der Waals surface area contributed by atoms with Crippen LogP contribution < -0.4 is 0 Å². The van der Waals surface area contributed by atoms with Crippen molar-refractivity contribution >= 4 is 11.3 Å². The number of hydrogen-bond donors (Lipinski definition) is 0. The SMILES string of the molecule is CCC(C)c1nc(-c2ccsc2)co1. The van der Waals surface area contributed by atoms with E-state index in [0.29, 0.717) is 5.92 Å². The molecule has 2 aromatic rings. The molecule has 0 bridgehead atoms. The van der Waals surface area contributed by atoms with E-state index >= 15 is 0 Å². The summed E-state index contributed by atoms with van der Waals surface area (Å²) in [5.41, 5.74) is 2.09. The smallest absolute Gasteiger partial charge is 0.197 e. The summed E-state index contributed by atoms with van der Waals surface area (Å²) in [5.74, 6) is 1.25. The quantitative estimate of drug-likeness (QED) is 0.762. The number of hydrogen-bond acceptors (Lipinski definition) is 3. The Kier molecular flexibility index (Phi) is 2.68. The topological polar surface area (TPSA) is 26.0 Å². The van der Waals surface area contributed by atoms with Gasteiger partial charge in [-0.3, -0.25) is 0 Å². The van der Waals surface area contributed by atoms with Crippen molar-refractivity contribution in [3.05, 3.63) is 29.0 Å². The van der Waals surface area contributed by atoms with Crippen molar-refractivity contribution in [3.8, 4) is 11.3 Å². The van der Waals surface area contributed by atoms with Gasteiger partial charge in [-0.2, -0.15) is 11.3 Å². The van der Waals surface area contributed by atoms with Gasteiger partial charge >= 0.3 is 0 Å². The summed E-state index contributed by atoms with van der Waals surface area (Å²) in [5, 5.41) is 4.13. The summed E-state index contributed by atoms with van der Waals surface area (Å²) in [7, 11) is 0. The van der Waals surface area contributed by atoms with Gasteiger partial charge in [-0.05, 0) is 17.9 Å². The first-order valence-corrected chi connectivity index (χ1v) is 5.73. The van der Waals surface area contributed by atoms with Crippen LogP contribution in [-0.4, -0.2) is 4.98 Å². The molecule has 0 aromatic carbocycles. The lowest BCUT2D eigenvalue weighted by Crippen LogP contribution is -1.90. The molecule has 2 rings (SSSR count). The highest BCUT2D eigenvalue weighted by molar-refractivity contribution is 7.08. The van der Waals surface area contributed by atoms with Crippen LogP contribution in [0, 0.1) is 0 Å². The van der Waals surface area contributed by atoms with Crippen LogP contribution in [0.5, 0.6) is 0 Å². The molecule has 0 saturated heterocycles. The van der Waals surface area contributed by atoms with Crippen molar-refractivity contribution in [2.45, 2.75) is 26.2 Å². The Balaban J connectivity index is 2.26. The van der Waals surface area contributed by atoms with Crippen LogP contribution in [0.4, 0.5) is 0 Å². The van der Waals surface area contributed by atoms with E-state index in [9.17, 15) is 0 Å². The fourth-order valence-electron chi connectivity index (χ4n) is 1.23. The third-order valence-corrected chi connectivity index (χ3v) is 3.06. The number of rotatable bonds is 3. The average Bonchev–Trinajstić information content (AvgIpc) is 2.86. The molecule has 74 valence electrons. The normalized spacial score (nSPS) is 13.0. The van der Waals surface area contributed by atoms with E-state index in [-0.39, 0.29) is 0 Å². The zero-order valence-corrected chi connectivity index (χ0v) is 9.17. The predicted molar refractivity (Wildman–Crippen MR) is 58.5 cm³/mol. The van der Waals surface area contributed by atoms with Gasteiger partial charge in [0, 0.05) is 16.9 Å². The number of aromatic nitrogens is 1. The van der Waals surface area contributed by atoms with Crippen LogP contribution in [0.3, 0.4) is 0 Å². The molecule has 0 aliphatic rings. The minimum atomic E-state index is 0.405. The summed E-state index contributed by atoms with van der Waals surface area (Å²) in [6.45, 7) is 4.27. The average molecular weight is 207 g/mol. The Hall–Kier alpha value is -1.09. The Labute approximate surface area is 87.6 Å². The third kappa shape index (κ3) is 1.73. The Morgan fingerprint density at radius 3 is 3.07 bits per heavy atom. The Morgan fingerprint density at radius 2 is 2.43 bits per heavy atom. The molecule has 2 heterocycles. The summed E-state index contributed by atoms with van der Waals surface area (Å²) >= 11 is 1.68. The van der Waals surface area contributed by atoms with Gasteiger partial charge in [-0.25, -0.2) is 4.98 Å². The van der Waals surface area contributed by atoms with Crippen LogP contribution in [0.25, 0.3) is 11.3 Å². The molecule has 2 aromatic heterocycles. The number of thiophene rings is 1. The minimum Gasteiger partial charge on any atom is -0.448 e. The predicted octanol–water partition coefficient (Wildman–Crippen LogP) is 3.92. The van der Waals surface area contributed by atoms with Crippen LogP contribution in [-0.2, 0) is 0 Å². The van der Waals surface area contributed by atoms with Crippen molar-refractivity contribution in [1.82, 2.24) is 4.98 Å². The van der Waals surface area contributed by atoms with Crippen molar-refractivity contribution in [2.75, 3.05) is 0 Å². The highest BCUT2D eigenvalue weighted by atomic mass is 32.1. The lowest BCUT2D eigenvalue weighted by molar-refractivity contribution is 0.453. The molecule has 0 aliphatic heterocycles. The van der Waals surface area contributed by atoms with Crippen LogP contribution in [0.1, 0.15) is 32.1 Å². The molecule has 0 spiro atoms. The lowest BCUT2D eigenvalue weighted by atomic mass is 10.1. The van der Waals surface area contributed by atoms with Gasteiger partial charge in [0.15, 0.2) is 5.89 Å². The van der Waals surface area contributed by atoms with Gasteiger partial charge in [-0.1, -0.05) is 13.8 Å². The third-order valence-electron chi connectivity index (χ3n) is 2.37. The summed E-state index contributed by atoms with van der Waals surface area (Å²) in [4.78, 5) is 4.46. The zero-order chi connectivity index (χ0) is 9.97. The molecule has 0 fully saturated rings. The first-order valence-electron chi connectivity index (χ1n) is 4.79. The monoisotopic (exact) mass is 207 g/mol. The van der Waals surface area contributed by atoms with Crippen LogP contribution in [0.15, 0.2) is 27.5 Å². The molecule has 3 heteroatoms. The van der Waals surface area contributed by atoms with E-state index in [1.54, 1.807) is 17.6 Å². The fourth-order valence-corrected chi connectivity index (χ4v) is 1.88.